The van der Waals surface area contributed by atoms with Crippen LogP contribution in [0.25, 0.3) is 0 Å². The molecule has 0 heterocycles. The number of benzene rings is 2. The number of carbonyl (C=O) groups is 2. The van der Waals surface area contributed by atoms with E-state index in [1.54, 1.807) is 30.3 Å². The maximum Gasteiger partial charge on any atom is 0.258 e. The molecule has 0 radical (unpaired) electrons. The summed E-state index contributed by atoms with van der Waals surface area (Å²) in [5, 5.41) is 6.30. The third-order valence-electron chi connectivity index (χ3n) is 4.07. The molecule has 0 unspecified atom stereocenters. The van der Waals surface area contributed by atoms with Crippen molar-refractivity contribution in [3.8, 4) is 0 Å². The topological polar surface area (TPSA) is 61.4 Å². The summed E-state index contributed by atoms with van der Waals surface area (Å²) in [7, 11) is 0. The molecule has 0 aliphatic rings. The second-order valence-electron chi connectivity index (χ2n) is 6.40. The van der Waals surface area contributed by atoms with Crippen LogP contribution in [0.15, 0.2) is 42.5 Å². The monoisotopic (exact) mass is 451 g/mol. The molecule has 0 spiro atoms. The molecule has 2 rings (SSSR count). The summed E-state index contributed by atoms with van der Waals surface area (Å²) in [5.74, 6) is -0.431. The van der Waals surface area contributed by atoms with E-state index in [-0.39, 0.29) is 21.6 Å². The molecule has 0 saturated heterocycles. The lowest BCUT2D eigenvalue weighted by atomic mass is 10.1. The zero-order valence-electron chi connectivity index (χ0n) is 16.3. The third kappa shape index (κ3) is 6.70. The van der Waals surface area contributed by atoms with Gasteiger partial charge in [-0.1, -0.05) is 37.0 Å². The Morgan fingerprint density at radius 2 is 1.62 bits per heavy atom. The zero-order valence-corrected chi connectivity index (χ0v) is 18.6. The van der Waals surface area contributed by atoms with Crippen molar-refractivity contribution in [3.05, 3.63) is 63.6 Å². The minimum Gasteiger partial charge on any atom is -0.339 e. The van der Waals surface area contributed by atoms with Crippen molar-refractivity contribution in [2.75, 3.05) is 18.4 Å². The van der Waals surface area contributed by atoms with Crippen molar-refractivity contribution in [2.45, 2.75) is 26.7 Å². The lowest BCUT2D eigenvalue weighted by Crippen LogP contribution is -2.34. The van der Waals surface area contributed by atoms with Gasteiger partial charge in [0.15, 0.2) is 5.11 Å². The van der Waals surface area contributed by atoms with Crippen LogP contribution in [0.2, 0.25) is 10.0 Å². The fraction of sp³-hybridized carbons (Fsp3) is 0.286. The lowest BCUT2D eigenvalue weighted by Gasteiger charge is -2.21. The molecule has 0 aliphatic heterocycles. The van der Waals surface area contributed by atoms with E-state index in [0.29, 0.717) is 16.3 Å². The molecule has 0 aliphatic carbocycles. The average Bonchev–Trinajstić information content (AvgIpc) is 2.67. The number of nitrogens with zero attached hydrogens (tertiary/aromatic N) is 1. The van der Waals surface area contributed by atoms with Crippen LogP contribution in [0.4, 0.5) is 5.69 Å². The van der Waals surface area contributed by atoms with E-state index >= 15 is 0 Å². The van der Waals surface area contributed by atoms with Crippen LogP contribution in [0, 0.1) is 0 Å². The molecule has 0 aromatic heterocycles. The van der Waals surface area contributed by atoms with Gasteiger partial charge < -0.3 is 10.2 Å². The summed E-state index contributed by atoms with van der Waals surface area (Å²) in [5.41, 5.74) is 1.54. The number of hydrogen-bond donors (Lipinski definition) is 2. The summed E-state index contributed by atoms with van der Waals surface area (Å²) in [4.78, 5) is 26.8. The Kier molecular flexibility index (Phi) is 8.89. The predicted octanol–water partition coefficient (Wildman–Crippen LogP) is 5.38. The zero-order chi connectivity index (χ0) is 21.4. The van der Waals surface area contributed by atoms with Crippen molar-refractivity contribution in [3.63, 3.8) is 0 Å². The fourth-order valence-corrected chi connectivity index (χ4v) is 3.44. The number of carbonyl (C=O) groups excluding carboxylic acids is 2. The number of hydrogen-bond acceptors (Lipinski definition) is 3. The van der Waals surface area contributed by atoms with E-state index in [4.69, 9.17) is 35.4 Å². The van der Waals surface area contributed by atoms with Crippen LogP contribution in [-0.4, -0.2) is 34.9 Å². The predicted molar refractivity (Wildman–Crippen MR) is 123 cm³/mol. The summed E-state index contributed by atoms with van der Waals surface area (Å²) in [6.45, 7) is 5.57. The Bertz CT molecular complexity index is 882. The van der Waals surface area contributed by atoms with Gasteiger partial charge in [-0.05, 0) is 67.5 Å². The molecule has 2 aromatic rings. The van der Waals surface area contributed by atoms with Crippen molar-refractivity contribution < 1.29 is 9.59 Å². The Hall–Kier alpha value is -2.15. The molecule has 0 atom stereocenters. The van der Waals surface area contributed by atoms with Crippen LogP contribution < -0.4 is 10.6 Å². The third-order valence-corrected chi connectivity index (χ3v) is 4.82. The molecule has 5 nitrogen and oxygen atoms in total. The second kappa shape index (κ2) is 11.1. The van der Waals surface area contributed by atoms with Gasteiger partial charge in [0.2, 0.25) is 0 Å². The average molecular weight is 452 g/mol. The van der Waals surface area contributed by atoms with Gasteiger partial charge in [0, 0.05) is 29.4 Å². The summed E-state index contributed by atoms with van der Waals surface area (Å²) in [6, 6.07) is 11.6. The van der Waals surface area contributed by atoms with Gasteiger partial charge in [-0.3, -0.25) is 14.9 Å². The molecule has 2 aromatic carbocycles. The molecule has 0 saturated carbocycles. The second-order valence-corrected chi connectivity index (χ2v) is 7.65. The number of anilines is 1. The SMILES string of the molecule is CCCN(CCC)C(=O)c1ccc(NC(=S)NC(=O)c2ccc(Cl)cc2Cl)cc1. The quantitative estimate of drug-likeness (QED) is 0.554. The standard InChI is InChI=1S/C21H23Cl2N3O2S/c1-3-11-26(12-4-2)20(28)14-5-8-16(9-6-14)24-21(29)25-19(27)17-10-7-15(22)13-18(17)23/h5-10,13H,3-4,11-12H2,1-2H3,(H2,24,25,27,29). The van der Waals surface area contributed by atoms with Crippen molar-refractivity contribution >= 4 is 58.0 Å². The summed E-state index contributed by atoms with van der Waals surface area (Å²) < 4.78 is 0. The molecule has 0 fully saturated rings. The van der Waals surface area contributed by atoms with Crippen molar-refractivity contribution in [1.29, 1.82) is 0 Å². The summed E-state index contributed by atoms with van der Waals surface area (Å²) in [6.07, 6.45) is 1.83. The Balaban J connectivity index is 1.99. The number of nitrogens with one attached hydrogen (secondary N) is 2. The van der Waals surface area contributed by atoms with E-state index in [1.165, 1.54) is 12.1 Å². The van der Waals surface area contributed by atoms with Crippen LogP contribution >= 0.6 is 35.4 Å². The van der Waals surface area contributed by atoms with Gasteiger partial charge in [0.1, 0.15) is 0 Å². The molecule has 8 heteroatoms. The number of rotatable bonds is 7. The number of thiocarbonyl (C=S) groups is 1. The van der Waals surface area contributed by atoms with Gasteiger partial charge in [0.25, 0.3) is 11.8 Å². The largest absolute Gasteiger partial charge is 0.339 e. The van der Waals surface area contributed by atoms with E-state index in [0.717, 1.165) is 25.9 Å². The first-order valence-corrected chi connectivity index (χ1v) is 10.5. The highest BCUT2D eigenvalue weighted by Gasteiger charge is 2.15. The highest BCUT2D eigenvalue weighted by molar-refractivity contribution is 7.80. The highest BCUT2D eigenvalue weighted by Crippen LogP contribution is 2.21. The van der Waals surface area contributed by atoms with Crippen LogP contribution in [0.3, 0.4) is 0 Å². The lowest BCUT2D eigenvalue weighted by molar-refractivity contribution is 0.0755. The van der Waals surface area contributed by atoms with Gasteiger partial charge in [-0.25, -0.2) is 0 Å². The van der Waals surface area contributed by atoms with Gasteiger partial charge in [0.05, 0.1) is 10.6 Å². The first-order chi connectivity index (χ1) is 13.8. The van der Waals surface area contributed by atoms with Gasteiger partial charge >= 0.3 is 0 Å². The van der Waals surface area contributed by atoms with Gasteiger partial charge in [-0.2, -0.15) is 0 Å². The molecule has 29 heavy (non-hydrogen) atoms. The Morgan fingerprint density at radius 1 is 1.00 bits per heavy atom. The minimum absolute atomic E-state index is 0.00788. The van der Waals surface area contributed by atoms with Crippen LogP contribution in [0.1, 0.15) is 47.4 Å². The van der Waals surface area contributed by atoms with E-state index in [2.05, 4.69) is 24.5 Å². The smallest absolute Gasteiger partial charge is 0.258 e. The molecule has 2 N–H and O–H groups in total. The van der Waals surface area contributed by atoms with E-state index in [9.17, 15) is 9.59 Å². The van der Waals surface area contributed by atoms with Gasteiger partial charge in [-0.15, -0.1) is 0 Å². The minimum atomic E-state index is -0.439. The molecular formula is C21H23Cl2N3O2S. The Labute approximate surface area is 186 Å². The fourth-order valence-electron chi connectivity index (χ4n) is 2.74. The summed E-state index contributed by atoms with van der Waals surface area (Å²) >= 11 is 17.1. The van der Waals surface area contributed by atoms with E-state index in [1.807, 2.05) is 4.90 Å². The van der Waals surface area contributed by atoms with Crippen LogP contribution in [0.5, 0.6) is 0 Å². The van der Waals surface area contributed by atoms with Crippen molar-refractivity contribution in [2.24, 2.45) is 0 Å². The first kappa shape index (κ1) is 23.1. The normalized spacial score (nSPS) is 10.3. The maximum atomic E-state index is 12.6. The van der Waals surface area contributed by atoms with E-state index < -0.39 is 5.91 Å². The highest BCUT2D eigenvalue weighted by atomic mass is 35.5. The van der Waals surface area contributed by atoms with Crippen LogP contribution in [-0.2, 0) is 0 Å². The van der Waals surface area contributed by atoms with Crippen molar-refractivity contribution in [1.82, 2.24) is 10.2 Å². The molecule has 0 bridgehead atoms. The number of amides is 2. The maximum absolute atomic E-state index is 12.6. The Morgan fingerprint density at radius 3 is 2.17 bits per heavy atom. The molecular weight excluding hydrogens is 429 g/mol. The number of halogens is 2. The first-order valence-electron chi connectivity index (χ1n) is 9.32. The molecule has 2 amide bonds. The molecule has 154 valence electrons.